The summed E-state index contributed by atoms with van der Waals surface area (Å²) in [5.41, 5.74) is 5.36. The molecule has 0 saturated heterocycles. The van der Waals surface area contributed by atoms with E-state index in [1.54, 1.807) is 0 Å². The van der Waals surface area contributed by atoms with Crippen LogP contribution in [0.4, 0.5) is 0 Å². The summed E-state index contributed by atoms with van der Waals surface area (Å²) in [6, 6.07) is 108. The summed E-state index contributed by atoms with van der Waals surface area (Å²) in [5, 5.41) is 8.39. The maximum atomic E-state index is 2.30. The Morgan fingerprint density at radius 2 is 0.380 bits per heavy atom. The Morgan fingerprint density at radius 1 is 0.225 bits per heavy atom. The Hall–Kier alpha value is -6.77. The summed E-state index contributed by atoms with van der Waals surface area (Å²) >= 11 is 0. The van der Waals surface area contributed by atoms with Crippen LogP contribution in [0.5, 0.6) is 0 Å². The molecule has 2 aliphatic rings. The van der Waals surface area contributed by atoms with E-state index < -0.39 is 22.0 Å². The van der Waals surface area contributed by atoms with E-state index in [2.05, 4.69) is 328 Å². The largest absolute Gasteiger partial charge is 0.195 e. The second-order valence-electron chi connectivity index (χ2n) is 17.5. The number of fused-ring (bicyclic) bond motifs is 2. The second kappa shape index (κ2) is 26.4. The molecule has 0 nitrogen and oxygen atoms in total. The molecule has 0 amide bonds. The smallest absolute Gasteiger partial charge is 0.108 e. The molecule has 1 radical (unpaired) electrons. The quantitative estimate of drug-likeness (QED) is 0.0727. The van der Waals surface area contributed by atoms with Gasteiger partial charge in [-0.1, -0.05) is 328 Å². The molecule has 12 rings (SSSR count). The normalized spacial score (nSPS) is 13.9. The van der Waals surface area contributed by atoms with Crippen LogP contribution in [-0.4, -0.2) is 6.15 Å². The zero-order valence-electron chi connectivity index (χ0n) is 39.8. The summed E-state index contributed by atoms with van der Waals surface area (Å²) in [4.78, 5) is 0. The molecular formula is C67H58BP2Rh-. The zero-order valence-corrected chi connectivity index (χ0v) is 43.3. The first-order valence-electron chi connectivity index (χ1n) is 24.4. The standard InChI is InChI=1S/C24H20B.2C18H15P.C7H8.Rh/c1-5-13-21(14-6-1)25(22-15-7-2-8-16-22,23-17-9-3-10-18-23)24-19-11-4-12-20-24;2*1-4-10-16(11-5-1)19(17-12-6-2-7-13-17)18-14-8-3-9-15-18;1-2-7-4-3-6(1)5-7;/h1-20H;2*1-15H;1-4,6-7H,5H2;/q-1;;;;. The maximum Gasteiger partial charge on any atom is 0.108 e. The van der Waals surface area contributed by atoms with Crippen molar-refractivity contribution in [1.29, 1.82) is 0 Å². The topological polar surface area (TPSA) is 0 Å². The van der Waals surface area contributed by atoms with Gasteiger partial charge in [0.1, 0.15) is 6.15 Å². The first-order valence-corrected chi connectivity index (χ1v) is 27.1. The van der Waals surface area contributed by atoms with Gasteiger partial charge in [-0.05, 0) is 65.9 Å². The van der Waals surface area contributed by atoms with Crippen molar-refractivity contribution in [3.05, 3.63) is 328 Å². The van der Waals surface area contributed by atoms with Gasteiger partial charge in [-0.25, -0.2) is 0 Å². The average Bonchev–Trinajstić information content (AvgIpc) is 4.13. The van der Waals surface area contributed by atoms with E-state index in [0.29, 0.717) is 0 Å². The first kappa shape index (κ1) is 50.6. The Balaban J connectivity index is 0.000000134. The molecule has 10 aromatic rings. The van der Waals surface area contributed by atoms with Gasteiger partial charge < -0.3 is 0 Å². The molecule has 0 aromatic heterocycles. The number of rotatable bonds is 10. The summed E-state index contributed by atoms with van der Waals surface area (Å²) in [6.07, 6.45) is 9.33. The van der Waals surface area contributed by atoms with E-state index in [-0.39, 0.29) is 19.5 Å². The van der Waals surface area contributed by atoms with Crippen LogP contribution in [0.2, 0.25) is 0 Å². The predicted octanol–water partition coefficient (Wildman–Crippen LogP) is 11.7. The van der Waals surface area contributed by atoms with Crippen molar-refractivity contribution in [1.82, 2.24) is 0 Å². The molecule has 0 saturated carbocycles. The van der Waals surface area contributed by atoms with Gasteiger partial charge in [0.2, 0.25) is 0 Å². The molecule has 2 bridgehead atoms. The van der Waals surface area contributed by atoms with Gasteiger partial charge in [-0.2, -0.15) is 21.9 Å². The van der Waals surface area contributed by atoms with Crippen LogP contribution >= 0.6 is 15.8 Å². The van der Waals surface area contributed by atoms with Crippen LogP contribution in [0, 0.1) is 11.8 Å². The number of allylic oxidation sites excluding steroid dienone is 4. The van der Waals surface area contributed by atoms with E-state index in [4.69, 9.17) is 0 Å². The van der Waals surface area contributed by atoms with Gasteiger partial charge in [-0.3, -0.25) is 0 Å². The second-order valence-corrected chi connectivity index (χ2v) is 22.0. The van der Waals surface area contributed by atoms with Crippen molar-refractivity contribution in [3.63, 3.8) is 0 Å². The van der Waals surface area contributed by atoms with Crippen LogP contribution in [0.15, 0.2) is 328 Å². The van der Waals surface area contributed by atoms with Crippen molar-refractivity contribution < 1.29 is 19.5 Å². The Labute approximate surface area is 438 Å². The molecule has 0 atom stereocenters. The summed E-state index contributed by atoms with van der Waals surface area (Å²) in [5.74, 6) is 1.62. The maximum absolute atomic E-state index is 2.30. The average molecular weight is 1040 g/mol. The summed E-state index contributed by atoms with van der Waals surface area (Å²) in [7, 11) is -0.892. The molecule has 0 fully saturated rings. The minimum absolute atomic E-state index is 0. The van der Waals surface area contributed by atoms with Crippen molar-refractivity contribution in [2.75, 3.05) is 0 Å². The van der Waals surface area contributed by atoms with Crippen LogP contribution in [0.1, 0.15) is 6.42 Å². The van der Waals surface area contributed by atoms with Gasteiger partial charge >= 0.3 is 0 Å². The van der Waals surface area contributed by atoms with Crippen molar-refractivity contribution in [3.8, 4) is 0 Å². The van der Waals surface area contributed by atoms with E-state index in [1.807, 2.05) is 0 Å². The fraction of sp³-hybridized carbons (Fsp3) is 0.0448. The minimum atomic E-state index is -1.22. The molecule has 0 unspecified atom stereocenters. The molecule has 0 N–H and O–H groups in total. The SMILES string of the molecule is C1=CC2C=CC1C2.[Rh].c1ccc(P(c2ccccc2)c2ccccc2)cc1.c1ccc(P(c2ccccc2)c2ccccc2)cc1.c1ccc([B-](c2ccccc2)(c2ccccc2)c2ccccc2)cc1. The van der Waals surface area contributed by atoms with E-state index in [1.165, 1.54) is 60.1 Å². The molecule has 71 heavy (non-hydrogen) atoms. The van der Waals surface area contributed by atoms with Crippen LogP contribution < -0.4 is 53.7 Å². The zero-order chi connectivity index (χ0) is 47.5. The Bertz CT molecular complexity index is 2590. The molecule has 0 spiro atoms. The van der Waals surface area contributed by atoms with E-state index in [0.717, 1.165) is 11.8 Å². The molecule has 2 aliphatic carbocycles. The van der Waals surface area contributed by atoms with E-state index >= 15 is 0 Å². The molecule has 349 valence electrons. The summed E-state index contributed by atoms with van der Waals surface area (Å²) < 4.78 is 0. The van der Waals surface area contributed by atoms with Gasteiger partial charge in [-0.15, -0.1) is 0 Å². The number of hydrogen-bond donors (Lipinski definition) is 0. The van der Waals surface area contributed by atoms with Gasteiger partial charge in [0.15, 0.2) is 0 Å². The van der Waals surface area contributed by atoms with Crippen molar-refractivity contribution in [2.24, 2.45) is 11.8 Å². The van der Waals surface area contributed by atoms with Gasteiger partial charge in [0.05, 0.1) is 0 Å². The monoisotopic (exact) mass is 1040 g/mol. The van der Waals surface area contributed by atoms with E-state index in [9.17, 15) is 0 Å². The molecule has 0 heterocycles. The van der Waals surface area contributed by atoms with Crippen LogP contribution in [0.3, 0.4) is 0 Å². The fourth-order valence-electron chi connectivity index (χ4n) is 9.81. The van der Waals surface area contributed by atoms with Gasteiger partial charge in [0.25, 0.3) is 0 Å². The van der Waals surface area contributed by atoms with Crippen LogP contribution in [0.25, 0.3) is 0 Å². The third-order valence-electron chi connectivity index (χ3n) is 13.0. The minimum Gasteiger partial charge on any atom is -0.195 e. The first-order chi connectivity index (χ1) is 34.8. The Morgan fingerprint density at radius 3 is 0.521 bits per heavy atom. The van der Waals surface area contributed by atoms with Crippen LogP contribution in [-0.2, 0) is 19.5 Å². The Kier molecular flexibility index (Phi) is 18.8. The molecule has 0 aliphatic heterocycles. The molecule has 4 heteroatoms. The number of benzene rings is 10. The van der Waals surface area contributed by atoms with Crippen molar-refractivity contribution >= 4 is 75.7 Å². The third kappa shape index (κ3) is 13.0. The third-order valence-corrected chi connectivity index (χ3v) is 17.9. The molecule has 10 aromatic carbocycles. The predicted molar refractivity (Wildman–Crippen MR) is 310 cm³/mol. The van der Waals surface area contributed by atoms with Crippen molar-refractivity contribution in [2.45, 2.75) is 6.42 Å². The molecular weight excluding hydrogens is 980 g/mol. The summed E-state index contributed by atoms with van der Waals surface area (Å²) in [6.45, 7) is 0. The van der Waals surface area contributed by atoms with Gasteiger partial charge in [0, 0.05) is 19.5 Å². The fourth-order valence-corrected chi connectivity index (χ4v) is 14.4. The number of hydrogen-bond acceptors (Lipinski definition) is 0.